The lowest BCUT2D eigenvalue weighted by molar-refractivity contribution is 0.370. The van der Waals surface area contributed by atoms with Crippen molar-refractivity contribution in [2.24, 2.45) is 4.99 Å². The number of phenolic OH excluding ortho intramolecular Hbond substituents is 1. The van der Waals surface area contributed by atoms with E-state index in [1.54, 1.807) is 36.4 Å². The number of aromatic hydroxyl groups is 1. The van der Waals surface area contributed by atoms with Gasteiger partial charge in [-0.25, -0.2) is 9.38 Å². The number of nitrogens with zero attached hydrogens (tertiary/aromatic N) is 1. The molecule has 0 aromatic heterocycles. The molecule has 128 valence electrons. The Morgan fingerprint density at radius 2 is 1.88 bits per heavy atom. The molecule has 0 heterocycles. The van der Waals surface area contributed by atoms with Crippen LogP contribution >= 0.6 is 0 Å². The maximum atomic E-state index is 13.7. The van der Waals surface area contributed by atoms with Crippen molar-refractivity contribution in [3.8, 4) is 11.5 Å². The lowest BCUT2D eigenvalue weighted by Crippen LogP contribution is -2.37. The third-order valence-electron chi connectivity index (χ3n) is 3.46. The molecule has 6 heteroatoms. The van der Waals surface area contributed by atoms with E-state index < -0.39 is 0 Å². The van der Waals surface area contributed by atoms with Gasteiger partial charge in [0.25, 0.3) is 0 Å². The van der Waals surface area contributed by atoms with Gasteiger partial charge in [-0.3, -0.25) is 0 Å². The molecule has 0 atom stereocenters. The van der Waals surface area contributed by atoms with Crippen LogP contribution in [0.4, 0.5) is 4.39 Å². The molecule has 0 aliphatic carbocycles. The molecule has 0 fully saturated rings. The second-order valence-electron chi connectivity index (χ2n) is 5.11. The lowest BCUT2D eigenvalue weighted by Gasteiger charge is -2.12. The van der Waals surface area contributed by atoms with Crippen molar-refractivity contribution in [2.45, 2.75) is 20.0 Å². The lowest BCUT2D eigenvalue weighted by atomic mass is 10.2. The highest BCUT2D eigenvalue weighted by atomic mass is 19.1. The number of hydrogen-bond acceptors (Lipinski definition) is 3. The molecule has 0 radical (unpaired) electrons. The predicted molar refractivity (Wildman–Crippen MR) is 92.7 cm³/mol. The van der Waals surface area contributed by atoms with Crippen LogP contribution in [0.3, 0.4) is 0 Å². The summed E-state index contributed by atoms with van der Waals surface area (Å²) in [6.07, 6.45) is 0. The molecular weight excluding hydrogens is 309 g/mol. The second-order valence-corrected chi connectivity index (χ2v) is 5.11. The second kappa shape index (κ2) is 8.76. The van der Waals surface area contributed by atoms with Crippen LogP contribution in [-0.2, 0) is 13.1 Å². The summed E-state index contributed by atoms with van der Waals surface area (Å²) < 4.78 is 18.8. The van der Waals surface area contributed by atoms with Gasteiger partial charge in [0.05, 0.1) is 13.7 Å². The van der Waals surface area contributed by atoms with Gasteiger partial charge < -0.3 is 20.5 Å². The number of benzene rings is 2. The fourth-order valence-electron chi connectivity index (χ4n) is 2.19. The van der Waals surface area contributed by atoms with Crippen LogP contribution in [-0.4, -0.2) is 24.7 Å². The van der Waals surface area contributed by atoms with Gasteiger partial charge >= 0.3 is 0 Å². The molecule has 0 saturated carbocycles. The van der Waals surface area contributed by atoms with Gasteiger partial charge in [0.15, 0.2) is 17.5 Å². The predicted octanol–water partition coefficient (Wildman–Crippen LogP) is 2.80. The minimum Gasteiger partial charge on any atom is -0.504 e. The van der Waals surface area contributed by atoms with Crippen molar-refractivity contribution in [3.05, 3.63) is 59.4 Å². The van der Waals surface area contributed by atoms with Crippen LogP contribution in [0.2, 0.25) is 0 Å². The van der Waals surface area contributed by atoms with Crippen molar-refractivity contribution >= 4 is 5.96 Å². The minimum absolute atomic E-state index is 0.0775. The maximum Gasteiger partial charge on any atom is 0.191 e. The van der Waals surface area contributed by atoms with Crippen LogP contribution in [0.5, 0.6) is 11.5 Å². The van der Waals surface area contributed by atoms with Crippen LogP contribution in [0.1, 0.15) is 18.1 Å². The number of methoxy groups -OCH3 is 1. The van der Waals surface area contributed by atoms with Gasteiger partial charge in [-0.1, -0.05) is 30.3 Å². The quantitative estimate of drug-likeness (QED) is 0.562. The van der Waals surface area contributed by atoms with E-state index in [0.717, 1.165) is 0 Å². The Bertz CT molecular complexity index is 704. The highest BCUT2D eigenvalue weighted by Gasteiger charge is 2.07. The fraction of sp³-hybridized carbons (Fsp3) is 0.278. The van der Waals surface area contributed by atoms with Crippen LogP contribution < -0.4 is 15.4 Å². The third-order valence-corrected chi connectivity index (χ3v) is 3.46. The third kappa shape index (κ3) is 4.62. The number of nitrogens with one attached hydrogen (secondary N) is 2. The average molecular weight is 331 g/mol. The van der Waals surface area contributed by atoms with Crippen molar-refractivity contribution in [3.63, 3.8) is 0 Å². The molecule has 2 aromatic rings. The molecule has 24 heavy (non-hydrogen) atoms. The average Bonchev–Trinajstić information content (AvgIpc) is 2.59. The molecule has 5 nitrogen and oxygen atoms in total. The Hall–Kier alpha value is -2.76. The van der Waals surface area contributed by atoms with E-state index in [0.29, 0.717) is 35.9 Å². The summed E-state index contributed by atoms with van der Waals surface area (Å²) in [5, 5.41) is 16.3. The number of guanidine groups is 1. The Morgan fingerprint density at radius 3 is 2.58 bits per heavy atom. The van der Waals surface area contributed by atoms with Crippen molar-refractivity contribution in [1.82, 2.24) is 10.6 Å². The van der Waals surface area contributed by atoms with Crippen molar-refractivity contribution in [1.29, 1.82) is 0 Å². The molecule has 0 amide bonds. The molecule has 0 aliphatic heterocycles. The SMILES string of the molecule is CCNC(=NCc1cccc(OC)c1O)NCc1ccccc1F. The Balaban J connectivity index is 2.07. The number of rotatable bonds is 6. The molecule has 2 aromatic carbocycles. The zero-order chi connectivity index (χ0) is 17.4. The number of para-hydroxylation sites is 1. The minimum atomic E-state index is -0.258. The van der Waals surface area contributed by atoms with E-state index in [2.05, 4.69) is 15.6 Å². The summed E-state index contributed by atoms with van der Waals surface area (Å²) in [6.45, 7) is 3.22. The first-order valence-electron chi connectivity index (χ1n) is 7.76. The van der Waals surface area contributed by atoms with E-state index in [4.69, 9.17) is 4.74 Å². The number of halogens is 1. The number of aliphatic imine (C=N–C) groups is 1. The van der Waals surface area contributed by atoms with Crippen molar-refractivity contribution in [2.75, 3.05) is 13.7 Å². The van der Waals surface area contributed by atoms with E-state index in [1.807, 2.05) is 6.92 Å². The summed E-state index contributed by atoms with van der Waals surface area (Å²) in [6, 6.07) is 11.9. The number of phenols is 1. The monoisotopic (exact) mass is 331 g/mol. The molecule has 2 rings (SSSR count). The van der Waals surface area contributed by atoms with Gasteiger partial charge in [0, 0.05) is 24.2 Å². The Morgan fingerprint density at radius 1 is 1.12 bits per heavy atom. The van der Waals surface area contributed by atoms with E-state index in [1.165, 1.54) is 13.2 Å². The molecule has 0 unspecified atom stereocenters. The molecular formula is C18H22FN3O2. The van der Waals surface area contributed by atoms with Crippen LogP contribution in [0.15, 0.2) is 47.5 Å². The first-order valence-corrected chi connectivity index (χ1v) is 7.76. The number of ether oxygens (including phenoxy) is 1. The van der Waals surface area contributed by atoms with E-state index >= 15 is 0 Å². The fourth-order valence-corrected chi connectivity index (χ4v) is 2.19. The molecule has 0 bridgehead atoms. The Labute approximate surface area is 141 Å². The maximum absolute atomic E-state index is 13.7. The molecule has 3 N–H and O–H groups in total. The summed E-state index contributed by atoms with van der Waals surface area (Å²) >= 11 is 0. The largest absolute Gasteiger partial charge is 0.504 e. The van der Waals surface area contributed by atoms with Crippen LogP contribution in [0.25, 0.3) is 0 Å². The first-order chi connectivity index (χ1) is 11.7. The van der Waals surface area contributed by atoms with E-state index in [-0.39, 0.29) is 18.1 Å². The normalized spacial score (nSPS) is 11.2. The molecule has 0 saturated heterocycles. The molecule has 0 aliphatic rings. The van der Waals surface area contributed by atoms with Gasteiger partial charge in [0.2, 0.25) is 0 Å². The topological polar surface area (TPSA) is 65.9 Å². The van der Waals surface area contributed by atoms with E-state index in [9.17, 15) is 9.50 Å². The smallest absolute Gasteiger partial charge is 0.191 e. The number of hydrogen-bond donors (Lipinski definition) is 3. The molecule has 0 spiro atoms. The summed E-state index contributed by atoms with van der Waals surface area (Å²) in [4.78, 5) is 4.42. The summed E-state index contributed by atoms with van der Waals surface area (Å²) in [5.74, 6) is 0.773. The van der Waals surface area contributed by atoms with Gasteiger partial charge in [-0.05, 0) is 19.1 Å². The highest BCUT2D eigenvalue weighted by Crippen LogP contribution is 2.29. The summed E-state index contributed by atoms with van der Waals surface area (Å²) in [5.41, 5.74) is 1.21. The van der Waals surface area contributed by atoms with Gasteiger partial charge in [-0.2, -0.15) is 0 Å². The standard InChI is InChI=1S/C18H22FN3O2/c1-3-20-18(21-11-13-7-4-5-9-15(13)19)22-12-14-8-6-10-16(24-2)17(14)23/h4-10,23H,3,11-12H2,1-2H3,(H2,20,21,22). The van der Waals surface area contributed by atoms with Gasteiger partial charge in [-0.15, -0.1) is 0 Å². The highest BCUT2D eigenvalue weighted by molar-refractivity contribution is 5.79. The van der Waals surface area contributed by atoms with Crippen molar-refractivity contribution < 1.29 is 14.2 Å². The zero-order valence-electron chi connectivity index (χ0n) is 13.8. The summed E-state index contributed by atoms with van der Waals surface area (Å²) in [7, 11) is 1.50. The Kier molecular flexibility index (Phi) is 6.42. The zero-order valence-corrected chi connectivity index (χ0v) is 13.8. The van der Waals surface area contributed by atoms with Crippen LogP contribution in [0, 0.1) is 5.82 Å². The van der Waals surface area contributed by atoms with Gasteiger partial charge in [0.1, 0.15) is 5.82 Å². The first kappa shape index (κ1) is 17.6.